The summed E-state index contributed by atoms with van der Waals surface area (Å²) in [4.78, 5) is 10.7. The summed E-state index contributed by atoms with van der Waals surface area (Å²) in [6.45, 7) is 2.19. The van der Waals surface area contributed by atoms with Gasteiger partial charge in [0, 0.05) is 13.1 Å². The maximum atomic E-state index is 5.52. The highest BCUT2D eigenvalue weighted by Crippen LogP contribution is 2.16. The van der Waals surface area contributed by atoms with Crippen molar-refractivity contribution < 1.29 is 0 Å². The first-order valence-electron chi connectivity index (χ1n) is 5.69. The van der Waals surface area contributed by atoms with Gasteiger partial charge < -0.3 is 10.6 Å². The highest BCUT2D eigenvalue weighted by atomic mass is 15.2. The van der Waals surface area contributed by atoms with E-state index in [9.17, 15) is 0 Å². The van der Waals surface area contributed by atoms with E-state index >= 15 is 0 Å². The molecule has 0 unspecified atom stereocenters. The van der Waals surface area contributed by atoms with Crippen LogP contribution in [-0.4, -0.2) is 23.1 Å². The van der Waals surface area contributed by atoms with Gasteiger partial charge in [-0.05, 0) is 12.8 Å². The molecular formula is C11H18N4. The van der Waals surface area contributed by atoms with Crippen molar-refractivity contribution in [3.63, 3.8) is 0 Å². The average Bonchev–Trinajstić information content (AvgIpc) is 2.19. The van der Waals surface area contributed by atoms with Crippen molar-refractivity contribution in [3.8, 4) is 0 Å². The van der Waals surface area contributed by atoms with Crippen LogP contribution in [0.2, 0.25) is 0 Å². The predicted octanol–water partition coefficient (Wildman–Crippen LogP) is 1.83. The summed E-state index contributed by atoms with van der Waals surface area (Å²) in [5.41, 5.74) is 5.52. The van der Waals surface area contributed by atoms with Gasteiger partial charge in [0.05, 0.1) is 12.4 Å². The van der Waals surface area contributed by atoms with Crippen LogP contribution in [0, 0.1) is 0 Å². The molecular weight excluding hydrogens is 188 g/mol. The van der Waals surface area contributed by atoms with Gasteiger partial charge in [-0.2, -0.15) is 0 Å². The second-order valence-electron chi connectivity index (χ2n) is 4.05. The van der Waals surface area contributed by atoms with E-state index in [0.29, 0.717) is 5.82 Å². The molecule has 82 valence electrons. The van der Waals surface area contributed by atoms with E-state index in [1.807, 2.05) is 0 Å². The molecule has 1 aromatic rings. The van der Waals surface area contributed by atoms with E-state index in [0.717, 1.165) is 18.9 Å². The fraction of sp³-hybridized carbons (Fsp3) is 0.636. The first-order chi connectivity index (χ1) is 7.36. The summed E-state index contributed by atoms with van der Waals surface area (Å²) < 4.78 is 0. The van der Waals surface area contributed by atoms with Gasteiger partial charge in [-0.3, -0.25) is 0 Å². The molecule has 1 aliphatic heterocycles. The molecule has 0 spiro atoms. The molecule has 0 aromatic carbocycles. The molecule has 15 heavy (non-hydrogen) atoms. The average molecular weight is 206 g/mol. The molecule has 2 N–H and O–H groups in total. The van der Waals surface area contributed by atoms with Gasteiger partial charge in [0.1, 0.15) is 11.6 Å². The second kappa shape index (κ2) is 4.96. The summed E-state index contributed by atoms with van der Waals surface area (Å²) in [7, 11) is 0. The first-order valence-corrected chi connectivity index (χ1v) is 5.69. The maximum Gasteiger partial charge on any atom is 0.147 e. The third-order valence-corrected chi connectivity index (χ3v) is 2.84. The molecule has 2 rings (SSSR count). The number of nitrogens with two attached hydrogens (primary N) is 1. The minimum atomic E-state index is 0.491. The quantitative estimate of drug-likeness (QED) is 0.761. The van der Waals surface area contributed by atoms with Crippen LogP contribution in [0.4, 0.5) is 11.6 Å². The minimum Gasteiger partial charge on any atom is -0.382 e. The van der Waals surface area contributed by atoms with Crippen LogP contribution in [0.3, 0.4) is 0 Å². The monoisotopic (exact) mass is 206 g/mol. The third-order valence-electron chi connectivity index (χ3n) is 2.84. The zero-order valence-electron chi connectivity index (χ0n) is 9.02. The molecule has 0 aliphatic carbocycles. The van der Waals surface area contributed by atoms with E-state index in [-0.39, 0.29) is 0 Å². The Morgan fingerprint density at radius 1 is 0.933 bits per heavy atom. The lowest BCUT2D eigenvalue weighted by Crippen LogP contribution is -2.27. The van der Waals surface area contributed by atoms with E-state index in [1.165, 1.54) is 32.1 Å². The Labute approximate surface area is 90.5 Å². The summed E-state index contributed by atoms with van der Waals surface area (Å²) in [5.74, 6) is 1.46. The minimum absolute atomic E-state index is 0.491. The number of nitrogen functional groups attached to an aromatic ring is 1. The van der Waals surface area contributed by atoms with Crippen LogP contribution >= 0.6 is 0 Å². The van der Waals surface area contributed by atoms with Crippen LogP contribution in [0.25, 0.3) is 0 Å². The molecule has 2 heterocycles. The van der Waals surface area contributed by atoms with Crippen LogP contribution in [0.15, 0.2) is 12.4 Å². The Morgan fingerprint density at radius 3 is 2.20 bits per heavy atom. The number of anilines is 2. The fourth-order valence-electron chi connectivity index (χ4n) is 1.97. The number of aromatic nitrogens is 2. The third kappa shape index (κ3) is 2.81. The largest absolute Gasteiger partial charge is 0.382 e. The van der Waals surface area contributed by atoms with Crippen molar-refractivity contribution in [3.05, 3.63) is 12.4 Å². The summed E-state index contributed by atoms with van der Waals surface area (Å²) in [6, 6.07) is 0. The summed E-state index contributed by atoms with van der Waals surface area (Å²) >= 11 is 0. The highest BCUT2D eigenvalue weighted by Gasteiger charge is 2.09. The lowest BCUT2D eigenvalue weighted by atomic mass is 10.1. The van der Waals surface area contributed by atoms with Crippen molar-refractivity contribution in [2.75, 3.05) is 23.7 Å². The molecule has 4 nitrogen and oxygen atoms in total. The molecule has 1 aromatic heterocycles. The molecule has 1 aliphatic rings. The SMILES string of the molecule is Nc1cnc(N2CCCCCCC2)cn1. The van der Waals surface area contributed by atoms with E-state index in [4.69, 9.17) is 5.73 Å². The first kappa shape index (κ1) is 10.2. The molecule has 1 saturated heterocycles. The van der Waals surface area contributed by atoms with Crippen molar-refractivity contribution in [1.82, 2.24) is 9.97 Å². The van der Waals surface area contributed by atoms with Crippen molar-refractivity contribution >= 4 is 11.6 Å². The summed E-state index contributed by atoms with van der Waals surface area (Å²) in [5, 5.41) is 0. The smallest absolute Gasteiger partial charge is 0.147 e. The number of nitrogens with zero attached hydrogens (tertiary/aromatic N) is 3. The fourth-order valence-corrected chi connectivity index (χ4v) is 1.97. The van der Waals surface area contributed by atoms with E-state index in [2.05, 4.69) is 14.9 Å². The standard InChI is InChI=1S/C11H18N4/c12-10-8-14-11(9-13-10)15-6-4-2-1-3-5-7-15/h8-9H,1-7H2,(H2,12,13). The lowest BCUT2D eigenvalue weighted by molar-refractivity contribution is 0.553. The van der Waals surface area contributed by atoms with Gasteiger partial charge >= 0.3 is 0 Å². The number of rotatable bonds is 1. The van der Waals surface area contributed by atoms with Crippen LogP contribution in [0.5, 0.6) is 0 Å². The Balaban J connectivity index is 2.03. The zero-order valence-corrected chi connectivity index (χ0v) is 9.02. The number of hydrogen-bond donors (Lipinski definition) is 1. The number of hydrogen-bond acceptors (Lipinski definition) is 4. The van der Waals surface area contributed by atoms with Crippen molar-refractivity contribution in [2.24, 2.45) is 0 Å². The Hall–Kier alpha value is -1.32. The molecule has 0 radical (unpaired) electrons. The molecule has 0 bridgehead atoms. The van der Waals surface area contributed by atoms with E-state index < -0.39 is 0 Å². The Bertz CT molecular complexity index is 288. The van der Waals surface area contributed by atoms with Gasteiger partial charge in [0.15, 0.2) is 0 Å². The van der Waals surface area contributed by atoms with Gasteiger partial charge in [0.2, 0.25) is 0 Å². The van der Waals surface area contributed by atoms with Crippen molar-refractivity contribution in [2.45, 2.75) is 32.1 Å². The summed E-state index contributed by atoms with van der Waals surface area (Å²) in [6.07, 6.45) is 9.96. The Morgan fingerprint density at radius 2 is 1.60 bits per heavy atom. The van der Waals surface area contributed by atoms with Gasteiger partial charge in [-0.25, -0.2) is 9.97 Å². The van der Waals surface area contributed by atoms with Crippen LogP contribution in [-0.2, 0) is 0 Å². The second-order valence-corrected chi connectivity index (χ2v) is 4.05. The maximum absolute atomic E-state index is 5.52. The van der Waals surface area contributed by atoms with Crippen LogP contribution in [0.1, 0.15) is 32.1 Å². The molecule has 0 atom stereocenters. The Kier molecular flexibility index (Phi) is 3.37. The topological polar surface area (TPSA) is 55.0 Å². The van der Waals surface area contributed by atoms with Gasteiger partial charge in [-0.15, -0.1) is 0 Å². The molecule has 0 saturated carbocycles. The molecule has 1 fully saturated rings. The van der Waals surface area contributed by atoms with Crippen LogP contribution < -0.4 is 10.6 Å². The predicted molar refractivity (Wildman–Crippen MR) is 61.7 cm³/mol. The highest BCUT2D eigenvalue weighted by molar-refractivity contribution is 5.39. The van der Waals surface area contributed by atoms with E-state index in [1.54, 1.807) is 12.4 Å². The zero-order chi connectivity index (χ0) is 10.5. The molecule has 4 heteroatoms. The van der Waals surface area contributed by atoms with Gasteiger partial charge in [-0.1, -0.05) is 19.3 Å². The van der Waals surface area contributed by atoms with Crippen molar-refractivity contribution in [1.29, 1.82) is 0 Å². The normalized spacial score (nSPS) is 18.3. The lowest BCUT2D eigenvalue weighted by Gasteiger charge is -2.25. The molecule has 0 amide bonds. The van der Waals surface area contributed by atoms with Gasteiger partial charge in [0.25, 0.3) is 0 Å².